The number of hydrogen-bond acceptors (Lipinski definition) is 3. The van der Waals surface area contributed by atoms with Gasteiger partial charge in [0.05, 0.1) is 12.7 Å². The molecule has 0 saturated carbocycles. The summed E-state index contributed by atoms with van der Waals surface area (Å²) in [6, 6.07) is 8.41. The van der Waals surface area contributed by atoms with Gasteiger partial charge in [-0.05, 0) is 30.5 Å². The number of nitrogens with one attached hydrogen (secondary N) is 2. The molecule has 1 aromatic heterocycles. The third-order valence-electron chi connectivity index (χ3n) is 3.75. The Morgan fingerprint density at radius 3 is 2.65 bits per heavy atom. The van der Waals surface area contributed by atoms with E-state index in [0.717, 1.165) is 35.6 Å². The van der Waals surface area contributed by atoms with Crippen molar-refractivity contribution in [1.29, 1.82) is 0 Å². The van der Waals surface area contributed by atoms with Crippen LogP contribution in [-0.2, 0) is 18.4 Å². The molecule has 2 N–H and O–H groups in total. The summed E-state index contributed by atoms with van der Waals surface area (Å²) in [5.74, 6) is 2.31. The molecule has 2 aromatic rings. The van der Waals surface area contributed by atoms with E-state index in [0.29, 0.717) is 12.4 Å². The zero-order valence-electron chi connectivity index (χ0n) is 15.8. The lowest BCUT2D eigenvalue weighted by molar-refractivity contribution is 0.379. The first-order valence-corrected chi connectivity index (χ1v) is 9.32. The molecule has 5 nitrogen and oxygen atoms in total. The summed E-state index contributed by atoms with van der Waals surface area (Å²) < 4.78 is 6.90. The van der Waals surface area contributed by atoms with Crippen LogP contribution in [0.4, 0.5) is 0 Å². The minimum atomic E-state index is -0.0302. The summed E-state index contributed by atoms with van der Waals surface area (Å²) in [5.41, 5.74) is 1.30. The number of rotatable bonds is 6. The van der Waals surface area contributed by atoms with Gasteiger partial charge in [-0.2, -0.15) is 0 Å². The van der Waals surface area contributed by atoms with Crippen LogP contribution in [0, 0.1) is 0 Å². The molecule has 1 heterocycles. The second kappa shape index (κ2) is 10.9. The third kappa shape index (κ3) is 7.65. The van der Waals surface area contributed by atoms with Gasteiger partial charge in [0, 0.05) is 23.5 Å². The summed E-state index contributed by atoms with van der Waals surface area (Å²) in [7, 11) is 1.76. The molecule has 26 heavy (non-hydrogen) atoms. The molecular formula is C19H28BrIN4O. The second-order valence-corrected chi connectivity index (χ2v) is 7.87. The lowest BCUT2D eigenvalue weighted by Gasteiger charge is -2.13. The average Bonchev–Trinajstić information content (AvgIpc) is 3.03. The average molecular weight is 535 g/mol. The van der Waals surface area contributed by atoms with Crippen LogP contribution in [-0.4, -0.2) is 24.5 Å². The molecule has 2 rings (SSSR count). The fourth-order valence-electron chi connectivity index (χ4n) is 2.31. The highest BCUT2D eigenvalue weighted by molar-refractivity contribution is 14.0. The molecule has 144 valence electrons. The van der Waals surface area contributed by atoms with Gasteiger partial charge in [-0.3, -0.25) is 4.99 Å². The molecule has 0 aliphatic carbocycles. The minimum absolute atomic E-state index is 0. The first kappa shape index (κ1) is 23.0. The van der Waals surface area contributed by atoms with Crippen molar-refractivity contribution < 1.29 is 4.42 Å². The topological polar surface area (TPSA) is 62.5 Å². The van der Waals surface area contributed by atoms with Gasteiger partial charge in [0.25, 0.3) is 0 Å². The van der Waals surface area contributed by atoms with E-state index >= 15 is 0 Å². The predicted octanol–water partition coefficient (Wildman–Crippen LogP) is 4.65. The maximum absolute atomic E-state index is 5.78. The van der Waals surface area contributed by atoms with Gasteiger partial charge in [0.1, 0.15) is 5.76 Å². The lowest BCUT2D eigenvalue weighted by atomic mass is 9.94. The molecule has 0 radical (unpaired) electrons. The second-order valence-electron chi connectivity index (χ2n) is 6.95. The standard InChI is InChI=1S/C19H27BrN4O.HI/c1-19(2,3)16-12-23-17(25-16)13-24-18(21-4)22-10-6-8-14-7-5-9-15(20)11-14;/h5,7,9,11-12H,6,8,10,13H2,1-4H3,(H2,21,22,24);1H. The van der Waals surface area contributed by atoms with Gasteiger partial charge in [0.15, 0.2) is 5.96 Å². The molecule has 0 fully saturated rings. The van der Waals surface area contributed by atoms with Crippen molar-refractivity contribution in [2.75, 3.05) is 13.6 Å². The Labute approximate surface area is 181 Å². The molecule has 0 atom stereocenters. The Balaban J connectivity index is 0.00000338. The Bertz CT molecular complexity index is 710. The summed E-state index contributed by atoms with van der Waals surface area (Å²) in [6.45, 7) is 7.69. The van der Waals surface area contributed by atoms with Crippen molar-refractivity contribution in [3.63, 3.8) is 0 Å². The molecule has 0 spiro atoms. The number of nitrogens with zero attached hydrogens (tertiary/aromatic N) is 2. The Morgan fingerprint density at radius 2 is 2.04 bits per heavy atom. The summed E-state index contributed by atoms with van der Waals surface area (Å²) >= 11 is 3.50. The van der Waals surface area contributed by atoms with Gasteiger partial charge in [0.2, 0.25) is 5.89 Å². The Morgan fingerprint density at radius 1 is 1.27 bits per heavy atom. The number of oxazole rings is 1. The van der Waals surface area contributed by atoms with Crippen molar-refractivity contribution in [1.82, 2.24) is 15.6 Å². The maximum atomic E-state index is 5.78. The smallest absolute Gasteiger partial charge is 0.213 e. The van der Waals surface area contributed by atoms with Crippen LogP contribution in [0.2, 0.25) is 0 Å². The number of aromatic nitrogens is 1. The van der Waals surface area contributed by atoms with Crippen molar-refractivity contribution >= 4 is 45.9 Å². The van der Waals surface area contributed by atoms with Gasteiger partial charge in [-0.1, -0.05) is 48.8 Å². The number of benzene rings is 1. The molecule has 0 aliphatic heterocycles. The molecular weight excluding hydrogens is 507 g/mol. The summed E-state index contributed by atoms with van der Waals surface area (Å²) in [5, 5.41) is 6.55. The summed E-state index contributed by atoms with van der Waals surface area (Å²) in [6.07, 6.45) is 3.85. The van der Waals surface area contributed by atoms with Crippen LogP contribution in [0.25, 0.3) is 0 Å². The highest BCUT2D eigenvalue weighted by Gasteiger charge is 2.19. The quantitative estimate of drug-likeness (QED) is 0.245. The largest absolute Gasteiger partial charge is 0.443 e. The van der Waals surface area contributed by atoms with E-state index < -0.39 is 0 Å². The van der Waals surface area contributed by atoms with Crippen LogP contribution in [0.1, 0.15) is 44.4 Å². The Hall–Kier alpha value is -1.09. The molecule has 0 unspecified atom stereocenters. The van der Waals surface area contributed by atoms with Crippen molar-refractivity contribution in [3.8, 4) is 0 Å². The number of halogens is 2. The number of aryl methyl sites for hydroxylation is 1. The van der Waals surface area contributed by atoms with E-state index in [9.17, 15) is 0 Å². The maximum Gasteiger partial charge on any atom is 0.213 e. The third-order valence-corrected chi connectivity index (χ3v) is 4.24. The van der Waals surface area contributed by atoms with E-state index in [-0.39, 0.29) is 29.4 Å². The molecule has 0 saturated heterocycles. The minimum Gasteiger partial charge on any atom is -0.443 e. The molecule has 0 bridgehead atoms. The van der Waals surface area contributed by atoms with E-state index in [4.69, 9.17) is 4.42 Å². The van der Waals surface area contributed by atoms with Crippen molar-refractivity contribution in [2.45, 2.75) is 45.6 Å². The van der Waals surface area contributed by atoms with Gasteiger partial charge in [-0.25, -0.2) is 4.98 Å². The van der Waals surface area contributed by atoms with E-state index in [1.165, 1.54) is 5.56 Å². The number of hydrogen-bond donors (Lipinski definition) is 2. The van der Waals surface area contributed by atoms with Gasteiger partial charge < -0.3 is 15.1 Å². The van der Waals surface area contributed by atoms with Gasteiger partial charge >= 0.3 is 0 Å². The zero-order chi connectivity index (χ0) is 18.3. The number of aliphatic imine (C=N–C) groups is 1. The van der Waals surface area contributed by atoms with E-state index in [1.807, 2.05) is 6.07 Å². The predicted molar refractivity (Wildman–Crippen MR) is 121 cm³/mol. The first-order valence-electron chi connectivity index (χ1n) is 8.52. The van der Waals surface area contributed by atoms with Crippen LogP contribution >= 0.6 is 39.9 Å². The molecule has 0 amide bonds. The molecule has 7 heteroatoms. The van der Waals surface area contributed by atoms with Crippen LogP contribution in [0.5, 0.6) is 0 Å². The first-order chi connectivity index (χ1) is 11.9. The van der Waals surface area contributed by atoms with Gasteiger partial charge in [-0.15, -0.1) is 24.0 Å². The van der Waals surface area contributed by atoms with Crippen LogP contribution in [0.15, 0.2) is 44.3 Å². The normalized spacial score (nSPS) is 11.8. The highest BCUT2D eigenvalue weighted by atomic mass is 127. The molecule has 1 aromatic carbocycles. The summed E-state index contributed by atoms with van der Waals surface area (Å²) in [4.78, 5) is 8.55. The SMILES string of the molecule is CN=C(NCCCc1cccc(Br)c1)NCc1ncc(C(C)(C)C)o1.I. The zero-order valence-corrected chi connectivity index (χ0v) is 19.7. The van der Waals surface area contributed by atoms with E-state index in [2.05, 4.69) is 75.5 Å². The highest BCUT2D eigenvalue weighted by Crippen LogP contribution is 2.22. The lowest BCUT2D eigenvalue weighted by Crippen LogP contribution is -2.37. The van der Waals surface area contributed by atoms with Crippen molar-refractivity contribution in [3.05, 3.63) is 52.1 Å². The monoisotopic (exact) mass is 534 g/mol. The van der Waals surface area contributed by atoms with E-state index in [1.54, 1.807) is 13.2 Å². The molecule has 0 aliphatic rings. The van der Waals surface area contributed by atoms with Crippen molar-refractivity contribution in [2.24, 2.45) is 4.99 Å². The fourth-order valence-corrected chi connectivity index (χ4v) is 2.76. The Kier molecular flexibility index (Phi) is 9.63. The van der Waals surface area contributed by atoms with Crippen LogP contribution in [0.3, 0.4) is 0 Å². The fraction of sp³-hybridized carbons (Fsp3) is 0.474. The number of guanidine groups is 1. The van der Waals surface area contributed by atoms with Crippen LogP contribution < -0.4 is 10.6 Å².